The Balaban J connectivity index is 2.73. The average Bonchev–Trinajstić information content (AvgIpc) is 2.28. The number of hydrogen-bond acceptors (Lipinski definition) is 1. The normalized spacial score (nSPS) is 10.6. The molecule has 0 aliphatic rings. The molecular formula is C12H15BrCl2O. The molecule has 0 saturated carbocycles. The maximum absolute atomic E-state index is 6.16. The van der Waals surface area contributed by atoms with Gasteiger partial charge in [-0.1, -0.05) is 39.1 Å². The molecule has 0 radical (unpaired) electrons. The van der Waals surface area contributed by atoms with Crippen LogP contribution >= 0.6 is 39.1 Å². The Bertz CT molecular complexity index is 367. The summed E-state index contributed by atoms with van der Waals surface area (Å²) in [5.41, 5.74) is 1.89. The Kier molecular flexibility index (Phi) is 5.95. The maximum Gasteiger partial charge on any atom is 0.138 e. The summed E-state index contributed by atoms with van der Waals surface area (Å²) >= 11 is 15.6. The molecule has 0 bridgehead atoms. The van der Waals surface area contributed by atoms with Gasteiger partial charge in [0, 0.05) is 10.4 Å². The van der Waals surface area contributed by atoms with Crippen LogP contribution in [0.15, 0.2) is 6.07 Å². The Hall–Kier alpha value is 0.0800. The van der Waals surface area contributed by atoms with Crippen molar-refractivity contribution >= 4 is 39.1 Å². The highest BCUT2D eigenvalue weighted by Gasteiger charge is 2.10. The Morgan fingerprint density at radius 2 is 1.88 bits per heavy atom. The van der Waals surface area contributed by atoms with Crippen LogP contribution in [0, 0.1) is 13.8 Å². The second-order valence-corrected chi connectivity index (χ2v) is 5.24. The van der Waals surface area contributed by atoms with Crippen LogP contribution in [0.4, 0.5) is 0 Å². The molecule has 0 unspecified atom stereocenters. The highest BCUT2D eigenvalue weighted by molar-refractivity contribution is 9.09. The first-order valence-corrected chi connectivity index (χ1v) is 7.09. The van der Waals surface area contributed by atoms with E-state index in [1.807, 2.05) is 19.9 Å². The van der Waals surface area contributed by atoms with E-state index in [1.54, 1.807) is 0 Å². The van der Waals surface area contributed by atoms with Gasteiger partial charge in [0.2, 0.25) is 0 Å². The van der Waals surface area contributed by atoms with Crippen molar-refractivity contribution in [3.63, 3.8) is 0 Å². The highest BCUT2D eigenvalue weighted by Crippen LogP contribution is 2.35. The van der Waals surface area contributed by atoms with Gasteiger partial charge in [0.15, 0.2) is 0 Å². The molecule has 0 amide bonds. The third-order valence-electron chi connectivity index (χ3n) is 2.35. The van der Waals surface area contributed by atoms with Crippen molar-refractivity contribution in [2.45, 2.75) is 26.7 Å². The molecule has 1 aromatic rings. The number of rotatable bonds is 5. The van der Waals surface area contributed by atoms with Crippen molar-refractivity contribution in [1.29, 1.82) is 0 Å². The fourth-order valence-electron chi connectivity index (χ4n) is 1.38. The van der Waals surface area contributed by atoms with Gasteiger partial charge in [0.1, 0.15) is 5.75 Å². The molecule has 1 rings (SSSR count). The van der Waals surface area contributed by atoms with Gasteiger partial charge < -0.3 is 4.74 Å². The first kappa shape index (κ1) is 14.1. The molecule has 16 heavy (non-hydrogen) atoms. The monoisotopic (exact) mass is 324 g/mol. The summed E-state index contributed by atoms with van der Waals surface area (Å²) in [6.07, 6.45) is 2.12. The van der Waals surface area contributed by atoms with Crippen molar-refractivity contribution in [2.24, 2.45) is 0 Å². The summed E-state index contributed by atoms with van der Waals surface area (Å²) in [6.45, 7) is 4.55. The summed E-state index contributed by atoms with van der Waals surface area (Å²) in [5.74, 6) is 0.732. The van der Waals surface area contributed by atoms with E-state index in [4.69, 9.17) is 27.9 Å². The van der Waals surface area contributed by atoms with Crippen LogP contribution in [0.2, 0.25) is 10.0 Å². The summed E-state index contributed by atoms with van der Waals surface area (Å²) < 4.78 is 5.64. The van der Waals surface area contributed by atoms with E-state index < -0.39 is 0 Å². The fraction of sp³-hybridized carbons (Fsp3) is 0.500. The number of aryl methyl sites for hydroxylation is 1. The second-order valence-electron chi connectivity index (χ2n) is 3.69. The smallest absolute Gasteiger partial charge is 0.138 e. The second kappa shape index (κ2) is 6.73. The molecule has 0 aromatic heterocycles. The summed E-state index contributed by atoms with van der Waals surface area (Å²) in [7, 11) is 0. The zero-order chi connectivity index (χ0) is 12.1. The van der Waals surface area contributed by atoms with Gasteiger partial charge in [-0.15, -0.1) is 0 Å². The van der Waals surface area contributed by atoms with E-state index in [-0.39, 0.29) is 0 Å². The van der Waals surface area contributed by atoms with Crippen LogP contribution in [0.1, 0.15) is 24.0 Å². The zero-order valence-electron chi connectivity index (χ0n) is 9.45. The summed E-state index contributed by atoms with van der Waals surface area (Å²) in [6, 6.07) is 1.89. The quantitative estimate of drug-likeness (QED) is 0.536. The fourth-order valence-corrected chi connectivity index (χ4v) is 2.18. The Morgan fingerprint density at radius 3 is 2.50 bits per heavy atom. The van der Waals surface area contributed by atoms with Crippen molar-refractivity contribution in [1.82, 2.24) is 0 Å². The minimum absolute atomic E-state index is 0.620. The lowest BCUT2D eigenvalue weighted by atomic mass is 10.1. The molecule has 1 nitrogen and oxygen atoms in total. The van der Waals surface area contributed by atoms with E-state index in [0.29, 0.717) is 11.6 Å². The van der Waals surface area contributed by atoms with Gasteiger partial charge in [-0.05, 0) is 43.9 Å². The van der Waals surface area contributed by atoms with Crippen molar-refractivity contribution in [3.8, 4) is 5.75 Å². The van der Waals surface area contributed by atoms with Crippen LogP contribution in [0.3, 0.4) is 0 Å². The number of unbranched alkanes of at least 4 members (excludes halogenated alkanes) is 1. The molecule has 4 heteroatoms. The van der Waals surface area contributed by atoms with Crippen LogP contribution < -0.4 is 4.74 Å². The van der Waals surface area contributed by atoms with E-state index in [0.717, 1.165) is 40.1 Å². The van der Waals surface area contributed by atoms with Gasteiger partial charge in [-0.2, -0.15) is 0 Å². The van der Waals surface area contributed by atoms with Gasteiger partial charge in [0.25, 0.3) is 0 Å². The molecule has 0 N–H and O–H groups in total. The predicted molar refractivity (Wildman–Crippen MR) is 74.5 cm³/mol. The largest absolute Gasteiger partial charge is 0.492 e. The highest BCUT2D eigenvalue weighted by atomic mass is 79.9. The molecule has 0 atom stereocenters. The van der Waals surface area contributed by atoms with Gasteiger partial charge in [0.05, 0.1) is 11.6 Å². The molecular weight excluding hydrogens is 311 g/mol. The molecule has 0 saturated heterocycles. The molecule has 0 fully saturated rings. The van der Waals surface area contributed by atoms with E-state index in [9.17, 15) is 0 Å². The van der Waals surface area contributed by atoms with Crippen molar-refractivity contribution in [3.05, 3.63) is 27.2 Å². The first-order chi connectivity index (χ1) is 7.57. The number of alkyl halides is 1. The van der Waals surface area contributed by atoms with Crippen LogP contribution in [-0.4, -0.2) is 11.9 Å². The summed E-state index contributed by atoms with van der Waals surface area (Å²) in [4.78, 5) is 0. The average molecular weight is 326 g/mol. The van der Waals surface area contributed by atoms with Gasteiger partial charge in [-0.25, -0.2) is 0 Å². The van der Waals surface area contributed by atoms with E-state index in [2.05, 4.69) is 15.9 Å². The lowest BCUT2D eigenvalue weighted by Gasteiger charge is -2.12. The topological polar surface area (TPSA) is 9.23 Å². The lowest BCUT2D eigenvalue weighted by molar-refractivity contribution is 0.310. The van der Waals surface area contributed by atoms with Crippen molar-refractivity contribution in [2.75, 3.05) is 11.9 Å². The standard InChI is InChI=1S/C12H15BrCl2O/c1-8-7-10(16-6-4-3-5-13)12(15)9(2)11(8)14/h7H,3-6H2,1-2H3. The molecule has 1 aromatic carbocycles. The maximum atomic E-state index is 6.16. The number of ether oxygens (including phenoxy) is 1. The predicted octanol–water partition coefficient (Wildman–Crippen LogP) is 5.16. The summed E-state index contributed by atoms with van der Waals surface area (Å²) in [5, 5.41) is 2.34. The van der Waals surface area contributed by atoms with E-state index in [1.165, 1.54) is 0 Å². The third kappa shape index (κ3) is 3.54. The number of hydrogen-bond donors (Lipinski definition) is 0. The minimum atomic E-state index is 0.620. The Labute approximate surface area is 115 Å². The van der Waals surface area contributed by atoms with E-state index >= 15 is 0 Å². The van der Waals surface area contributed by atoms with Gasteiger partial charge >= 0.3 is 0 Å². The van der Waals surface area contributed by atoms with Crippen LogP contribution in [0.5, 0.6) is 5.75 Å². The van der Waals surface area contributed by atoms with Crippen LogP contribution in [-0.2, 0) is 0 Å². The van der Waals surface area contributed by atoms with Crippen LogP contribution in [0.25, 0.3) is 0 Å². The third-order valence-corrected chi connectivity index (χ3v) is 3.97. The first-order valence-electron chi connectivity index (χ1n) is 5.22. The lowest BCUT2D eigenvalue weighted by Crippen LogP contribution is -1.99. The minimum Gasteiger partial charge on any atom is -0.492 e. The number of benzene rings is 1. The van der Waals surface area contributed by atoms with Gasteiger partial charge in [-0.3, -0.25) is 0 Å². The SMILES string of the molecule is Cc1cc(OCCCCBr)c(Cl)c(C)c1Cl. The molecule has 0 aliphatic heterocycles. The molecule has 90 valence electrons. The molecule has 0 spiro atoms. The number of halogens is 3. The molecule has 0 aliphatic carbocycles. The van der Waals surface area contributed by atoms with Crippen molar-refractivity contribution < 1.29 is 4.74 Å². The zero-order valence-corrected chi connectivity index (χ0v) is 12.5. The Morgan fingerprint density at radius 1 is 1.19 bits per heavy atom. The molecule has 0 heterocycles.